The molecular formula is C20H19BrN2O3. The first kappa shape index (κ1) is 18.2. The highest BCUT2D eigenvalue weighted by molar-refractivity contribution is 9.10. The molecule has 0 spiro atoms. The quantitative estimate of drug-likeness (QED) is 0.606. The maximum Gasteiger partial charge on any atom is 0.338 e. The van der Waals surface area contributed by atoms with Crippen LogP contribution in [0.5, 0.6) is 0 Å². The second-order valence-electron chi connectivity index (χ2n) is 6.18. The molecule has 0 aliphatic heterocycles. The highest BCUT2D eigenvalue weighted by Gasteiger charge is 2.19. The van der Waals surface area contributed by atoms with Crippen LogP contribution in [0.2, 0.25) is 0 Å². The number of carbonyl (C=O) groups excluding carboxylic acids is 2. The molecule has 0 aliphatic rings. The summed E-state index contributed by atoms with van der Waals surface area (Å²) < 4.78 is 6.24. The summed E-state index contributed by atoms with van der Waals surface area (Å²) in [6, 6.07) is 12.5. The maximum atomic E-state index is 12.4. The summed E-state index contributed by atoms with van der Waals surface area (Å²) in [5.41, 5.74) is 4.19. The van der Waals surface area contributed by atoms with Crippen molar-refractivity contribution in [2.75, 3.05) is 5.32 Å². The summed E-state index contributed by atoms with van der Waals surface area (Å²) in [5.74, 6) is -0.904. The van der Waals surface area contributed by atoms with E-state index in [4.69, 9.17) is 4.74 Å². The van der Waals surface area contributed by atoms with Crippen molar-refractivity contribution >= 4 is 44.4 Å². The van der Waals surface area contributed by atoms with Gasteiger partial charge < -0.3 is 15.0 Å². The van der Waals surface area contributed by atoms with Gasteiger partial charge in [-0.3, -0.25) is 4.79 Å². The van der Waals surface area contributed by atoms with Gasteiger partial charge in [0.25, 0.3) is 5.91 Å². The van der Waals surface area contributed by atoms with Crippen LogP contribution in [0, 0.1) is 13.8 Å². The number of rotatable bonds is 4. The number of anilines is 1. The fraction of sp³-hybridized carbons (Fsp3) is 0.200. The van der Waals surface area contributed by atoms with E-state index in [0.29, 0.717) is 11.3 Å². The summed E-state index contributed by atoms with van der Waals surface area (Å²) in [6.45, 7) is 5.54. The van der Waals surface area contributed by atoms with Crippen LogP contribution in [0.25, 0.3) is 10.9 Å². The van der Waals surface area contributed by atoms with Crippen LogP contribution in [0.4, 0.5) is 5.69 Å². The lowest BCUT2D eigenvalue weighted by molar-refractivity contribution is -0.123. The number of carbonyl (C=O) groups is 2. The van der Waals surface area contributed by atoms with Gasteiger partial charge in [-0.15, -0.1) is 0 Å². The molecule has 0 saturated heterocycles. The number of fused-ring (bicyclic) bond motifs is 1. The number of ether oxygens (including phenoxy) is 1. The second kappa shape index (κ2) is 7.33. The van der Waals surface area contributed by atoms with Crippen LogP contribution in [0.1, 0.15) is 28.5 Å². The average molecular weight is 415 g/mol. The number of aryl methyl sites for hydroxylation is 2. The molecule has 3 rings (SSSR count). The van der Waals surface area contributed by atoms with E-state index >= 15 is 0 Å². The first-order valence-electron chi connectivity index (χ1n) is 8.21. The Bertz CT molecular complexity index is 977. The fourth-order valence-corrected chi connectivity index (χ4v) is 2.91. The molecule has 0 radical (unpaired) electrons. The van der Waals surface area contributed by atoms with Crippen LogP contribution in [-0.2, 0) is 9.53 Å². The zero-order valence-electron chi connectivity index (χ0n) is 14.7. The number of aromatic amines is 1. The predicted molar refractivity (Wildman–Crippen MR) is 105 cm³/mol. The molecule has 0 aliphatic carbocycles. The summed E-state index contributed by atoms with van der Waals surface area (Å²) in [7, 11) is 0. The van der Waals surface area contributed by atoms with Crippen LogP contribution in [0.15, 0.2) is 46.9 Å². The van der Waals surface area contributed by atoms with Gasteiger partial charge in [0.2, 0.25) is 0 Å². The summed E-state index contributed by atoms with van der Waals surface area (Å²) in [5, 5.41) is 3.70. The Morgan fingerprint density at radius 3 is 2.50 bits per heavy atom. The van der Waals surface area contributed by atoms with Crippen molar-refractivity contribution in [2.24, 2.45) is 0 Å². The Balaban J connectivity index is 1.69. The molecule has 134 valence electrons. The normalized spacial score (nSPS) is 12.0. The molecule has 0 fully saturated rings. The minimum absolute atomic E-state index is 0.379. The van der Waals surface area contributed by atoms with E-state index in [1.165, 1.54) is 0 Å². The van der Waals surface area contributed by atoms with Crippen molar-refractivity contribution in [2.45, 2.75) is 26.9 Å². The van der Waals surface area contributed by atoms with Crippen LogP contribution < -0.4 is 5.32 Å². The molecule has 26 heavy (non-hydrogen) atoms. The van der Waals surface area contributed by atoms with E-state index in [1.54, 1.807) is 31.2 Å². The average Bonchev–Trinajstić information content (AvgIpc) is 2.90. The second-order valence-corrected chi connectivity index (χ2v) is 7.09. The molecule has 1 atom stereocenters. The van der Waals surface area contributed by atoms with E-state index in [1.807, 2.05) is 32.0 Å². The Morgan fingerprint density at radius 1 is 1.12 bits per heavy atom. The number of nitrogens with one attached hydrogen (secondary N) is 2. The smallest absolute Gasteiger partial charge is 0.338 e. The van der Waals surface area contributed by atoms with Gasteiger partial charge in [0.15, 0.2) is 6.10 Å². The topological polar surface area (TPSA) is 71.2 Å². The van der Waals surface area contributed by atoms with E-state index in [0.717, 1.165) is 26.6 Å². The van der Waals surface area contributed by atoms with Gasteiger partial charge >= 0.3 is 5.97 Å². The van der Waals surface area contributed by atoms with Gasteiger partial charge in [0.1, 0.15) is 0 Å². The molecule has 5 nitrogen and oxygen atoms in total. The first-order chi connectivity index (χ1) is 12.3. The number of esters is 1. The lowest BCUT2D eigenvalue weighted by Gasteiger charge is -2.13. The zero-order chi connectivity index (χ0) is 18.8. The van der Waals surface area contributed by atoms with Crippen molar-refractivity contribution in [3.63, 3.8) is 0 Å². The van der Waals surface area contributed by atoms with Crippen molar-refractivity contribution in [3.8, 4) is 0 Å². The van der Waals surface area contributed by atoms with E-state index in [9.17, 15) is 9.59 Å². The Labute approximate surface area is 159 Å². The number of H-pyrrole nitrogens is 1. The van der Waals surface area contributed by atoms with E-state index < -0.39 is 12.1 Å². The molecular weight excluding hydrogens is 396 g/mol. The standard InChI is InChI=1S/C20H19BrN2O3/c1-11-12(2)22-18-9-4-14(10-17(11)18)20(25)26-13(3)19(24)23-16-7-5-15(21)6-8-16/h4-10,13,22H,1-3H3,(H,23,24). The number of benzene rings is 2. The summed E-state index contributed by atoms with van der Waals surface area (Å²) >= 11 is 3.34. The SMILES string of the molecule is Cc1[nH]c2ccc(C(=O)OC(C)C(=O)Nc3ccc(Br)cc3)cc2c1C. The monoisotopic (exact) mass is 414 g/mol. The molecule has 6 heteroatoms. The van der Waals surface area contributed by atoms with Gasteiger partial charge in [-0.2, -0.15) is 0 Å². The van der Waals surface area contributed by atoms with Gasteiger partial charge in [0, 0.05) is 26.8 Å². The molecule has 1 unspecified atom stereocenters. The molecule has 2 N–H and O–H groups in total. The number of amides is 1. The number of hydrogen-bond acceptors (Lipinski definition) is 3. The molecule has 1 aromatic heterocycles. The molecule has 3 aromatic rings. The Hall–Kier alpha value is -2.60. The van der Waals surface area contributed by atoms with Gasteiger partial charge in [-0.1, -0.05) is 15.9 Å². The largest absolute Gasteiger partial charge is 0.449 e. The highest BCUT2D eigenvalue weighted by Crippen LogP contribution is 2.23. The van der Waals surface area contributed by atoms with Crippen LogP contribution in [-0.4, -0.2) is 23.0 Å². The third-order valence-corrected chi connectivity index (χ3v) is 4.84. The summed E-state index contributed by atoms with van der Waals surface area (Å²) in [4.78, 5) is 27.9. The summed E-state index contributed by atoms with van der Waals surface area (Å²) in [6.07, 6.45) is -0.907. The lowest BCUT2D eigenvalue weighted by Crippen LogP contribution is -2.30. The van der Waals surface area contributed by atoms with Gasteiger partial charge in [-0.25, -0.2) is 4.79 Å². The first-order valence-corrected chi connectivity index (χ1v) is 9.01. The Kier molecular flexibility index (Phi) is 5.13. The fourth-order valence-electron chi connectivity index (χ4n) is 2.65. The maximum absolute atomic E-state index is 12.4. The molecule has 2 aromatic carbocycles. The van der Waals surface area contributed by atoms with Gasteiger partial charge in [0.05, 0.1) is 5.56 Å². The van der Waals surface area contributed by atoms with Gasteiger partial charge in [-0.05, 0) is 68.8 Å². The number of hydrogen-bond donors (Lipinski definition) is 2. The van der Waals surface area contributed by atoms with Crippen molar-refractivity contribution in [1.82, 2.24) is 4.98 Å². The van der Waals surface area contributed by atoms with Crippen molar-refractivity contribution in [1.29, 1.82) is 0 Å². The highest BCUT2D eigenvalue weighted by atomic mass is 79.9. The zero-order valence-corrected chi connectivity index (χ0v) is 16.3. The van der Waals surface area contributed by atoms with Crippen LogP contribution in [0.3, 0.4) is 0 Å². The lowest BCUT2D eigenvalue weighted by atomic mass is 10.1. The van der Waals surface area contributed by atoms with Crippen molar-refractivity contribution in [3.05, 3.63) is 63.8 Å². The minimum Gasteiger partial charge on any atom is -0.449 e. The Morgan fingerprint density at radius 2 is 1.81 bits per heavy atom. The number of aromatic nitrogens is 1. The predicted octanol–water partition coefficient (Wildman–Crippen LogP) is 4.73. The molecule has 1 amide bonds. The molecule has 0 bridgehead atoms. The van der Waals surface area contributed by atoms with Crippen LogP contribution >= 0.6 is 15.9 Å². The third-order valence-electron chi connectivity index (χ3n) is 4.31. The minimum atomic E-state index is -0.907. The molecule has 1 heterocycles. The molecule has 0 saturated carbocycles. The third kappa shape index (κ3) is 3.80. The number of halogens is 1. The van der Waals surface area contributed by atoms with Crippen molar-refractivity contribution < 1.29 is 14.3 Å². The van der Waals surface area contributed by atoms with E-state index in [2.05, 4.69) is 26.2 Å². The van der Waals surface area contributed by atoms with E-state index in [-0.39, 0.29) is 5.91 Å².